The monoisotopic (exact) mass is 411 g/mol. The van der Waals surface area contributed by atoms with Crippen LogP contribution in [0.4, 0.5) is 5.82 Å². The summed E-state index contributed by atoms with van der Waals surface area (Å²) in [6, 6.07) is 7.26. The number of benzene rings is 1. The largest absolute Gasteiger partial charge is 0.486 e. The van der Waals surface area contributed by atoms with Crippen molar-refractivity contribution >= 4 is 11.7 Å². The average molecular weight is 412 g/mol. The Morgan fingerprint density at radius 3 is 2.67 bits per heavy atom. The van der Waals surface area contributed by atoms with Gasteiger partial charge in [-0.3, -0.25) is 4.79 Å². The van der Waals surface area contributed by atoms with Crippen LogP contribution in [0.2, 0.25) is 0 Å². The van der Waals surface area contributed by atoms with Crippen LogP contribution < -0.4 is 19.7 Å². The van der Waals surface area contributed by atoms with Crippen molar-refractivity contribution in [2.45, 2.75) is 25.3 Å². The molecule has 8 heteroatoms. The van der Waals surface area contributed by atoms with E-state index >= 15 is 0 Å². The van der Waals surface area contributed by atoms with Gasteiger partial charge >= 0.3 is 0 Å². The number of piperidine rings is 1. The quantitative estimate of drug-likeness (QED) is 0.807. The van der Waals surface area contributed by atoms with Crippen LogP contribution in [0, 0.1) is 0 Å². The minimum Gasteiger partial charge on any atom is -0.486 e. The number of aromatic nitrogens is 2. The lowest BCUT2D eigenvalue weighted by Gasteiger charge is -2.24. The van der Waals surface area contributed by atoms with E-state index in [0.29, 0.717) is 42.7 Å². The molecule has 30 heavy (non-hydrogen) atoms. The van der Waals surface area contributed by atoms with Crippen molar-refractivity contribution in [3.8, 4) is 11.5 Å². The van der Waals surface area contributed by atoms with E-state index in [2.05, 4.69) is 5.32 Å². The van der Waals surface area contributed by atoms with E-state index in [0.717, 1.165) is 43.3 Å². The van der Waals surface area contributed by atoms with Crippen LogP contribution in [0.15, 0.2) is 24.3 Å². The number of amides is 1. The Hall–Kier alpha value is -2.87. The molecule has 0 bridgehead atoms. The molecule has 3 heterocycles. The number of nitrogens with zero attached hydrogens (tertiary/aromatic N) is 4. The van der Waals surface area contributed by atoms with Crippen molar-refractivity contribution in [1.82, 2.24) is 20.2 Å². The highest BCUT2D eigenvalue weighted by Gasteiger charge is 2.22. The number of rotatable bonds is 5. The zero-order chi connectivity index (χ0) is 21.1. The molecule has 1 aromatic carbocycles. The summed E-state index contributed by atoms with van der Waals surface area (Å²) in [4.78, 5) is 26.2. The Morgan fingerprint density at radius 1 is 1.13 bits per heavy atom. The van der Waals surface area contributed by atoms with E-state index in [4.69, 9.17) is 19.4 Å². The Bertz CT molecular complexity index is 912. The van der Waals surface area contributed by atoms with E-state index in [-0.39, 0.29) is 5.91 Å². The molecule has 8 nitrogen and oxygen atoms in total. The Labute approximate surface area is 177 Å². The van der Waals surface area contributed by atoms with Crippen molar-refractivity contribution < 1.29 is 14.3 Å². The maximum absolute atomic E-state index is 13.0. The summed E-state index contributed by atoms with van der Waals surface area (Å²) < 4.78 is 11.2. The molecule has 2 aliphatic rings. The molecule has 4 rings (SSSR count). The lowest BCUT2D eigenvalue weighted by Crippen LogP contribution is -2.31. The smallest absolute Gasteiger partial charge is 0.254 e. The van der Waals surface area contributed by atoms with Gasteiger partial charge in [-0.25, -0.2) is 9.97 Å². The molecule has 1 saturated heterocycles. The van der Waals surface area contributed by atoms with Crippen molar-refractivity contribution in [2.24, 2.45) is 0 Å². The van der Waals surface area contributed by atoms with Gasteiger partial charge in [0, 0.05) is 45.2 Å². The average Bonchev–Trinajstić information content (AvgIpc) is 2.78. The summed E-state index contributed by atoms with van der Waals surface area (Å²) in [7, 11) is 5.73. The number of carbonyl (C=O) groups is 1. The molecular weight excluding hydrogens is 382 g/mol. The summed E-state index contributed by atoms with van der Waals surface area (Å²) in [6.45, 7) is 3.37. The summed E-state index contributed by atoms with van der Waals surface area (Å²) in [5.41, 5.74) is 1.41. The Morgan fingerprint density at radius 2 is 1.93 bits per heavy atom. The number of carbonyl (C=O) groups excluding carboxylic acids is 1. The third-order valence-electron chi connectivity index (χ3n) is 5.44. The van der Waals surface area contributed by atoms with Gasteiger partial charge in [-0.15, -0.1) is 0 Å². The topological polar surface area (TPSA) is 79.8 Å². The second-order valence-electron chi connectivity index (χ2n) is 8.03. The number of fused-ring (bicyclic) bond motifs is 1. The highest BCUT2D eigenvalue weighted by atomic mass is 16.6. The summed E-state index contributed by atoms with van der Waals surface area (Å²) >= 11 is 0. The first-order chi connectivity index (χ1) is 14.5. The summed E-state index contributed by atoms with van der Waals surface area (Å²) in [5.74, 6) is 3.22. The number of ether oxygens (including phenoxy) is 2. The molecule has 1 aromatic heterocycles. The normalized spacial score (nSPS) is 18.0. The first-order valence-corrected chi connectivity index (χ1v) is 10.4. The van der Waals surface area contributed by atoms with Gasteiger partial charge in [0.05, 0.1) is 12.2 Å². The molecular formula is C22H29N5O3. The summed E-state index contributed by atoms with van der Waals surface area (Å²) in [5, 5.41) is 3.43. The van der Waals surface area contributed by atoms with E-state index < -0.39 is 0 Å². The van der Waals surface area contributed by atoms with E-state index in [9.17, 15) is 4.79 Å². The first-order valence-electron chi connectivity index (χ1n) is 10.4. The van der Waals surface area contributed by atoms with Crippen molar-refractivity contribution in [3.63, 3.8) is 0 Å². The third-order valence-corrected chi connectivity index (χ3v) is 5.44. The molecule has 0 radical (unpaired) electrons. The lowest BCUT2D eigenvalue weighted by atomic mass is 9.99. The highest BCUT2D eigenvalue weighted by molar-refractivity contribution is 5.94. The molecule has 1 N–H and O–H groups in total. The minimum atomic E-state index is -0.0853. The minimum absolute atomic E-state index is 0.0853. The van der Waals surface area contributed by atoms with Crippen LogP contribution in [0.25, 0.3) is 0 Å². The lowest BCUT2D eigenvalue weighted by molar-refractivity contribution is 0.0782. The molecule has 1 amide bonds. The molecule has 0 saturated carbocycles. The molecule has 0 unspecified atom stereocenters. The fourth-order valence-corrected chi connectivity index (χ4v) is 3.78. The SMILES string of the molecule is CN(Cc1cc(N(C)C)nc([C@H]2CCCNC2)n1)C(=O)c1ccc2c(c1)OCCO2. The second kappa shape index (κ2) is 8.87. The molecule has 1 atom stereocenters. The van der Waals surface area contributed by atoms with E-state index in [1.165, 1.54) is 0 Å². The highest BCUT2D eigenvalue weighted by Crippen LogP contribution is 2.31. The van der Waals surface area contributed by atoms with Crippen molar-refractivity contribution in [1.29, 1.82) is 0 Å². The molecule has 0 aliphatic carbocycles. The van der Waals surface area contributed by atoms with Crippen LogP contribution >= 0.6 is 0 Å². The zero-order valence-electron chi connectivity index (χ0n) is 17.9. The number of nitrogens with one attached hydrogen (secondary N) is 1. The van der Waals surface area contributed by atoms with Gasteiger partial charge in [-0.05, 0) is 37.6 Å². The maximum atomic E-state index is 13.0. The predicted molar refractivity (Wildman–Crippen MR) is 114 cm³/mol. The van der Waals surface area contributed by atoms with Crippen LogP contribution in [0.1, 0.15) is 40.6 Å². The fourth-order valence-electron chi connectivity index (χ4n) is 3.78. The van der Waals surface area contributed by atoms with Crippen LogP contribution in [0.3, 0.4) is 0 Å². The number of hydrogen-bond acceptors (Lipinski definition) is 7. The molecule has 1 fully saturated rings. The molecule has 0 spiro atoms. The molecule has 160 valence electrons. The molecule has 2 aliphatic heterocycles. The van der Waals surface area contributed by atoms with Gasteiger partial charge in [0.25, 0.3) is 5.91 Å². The Kier molecular flexibility index (Phi) is 6.03. The standard InChI is InChI=1S/C22H29N5O3/c1-26(2)20-12-17(24-21(25-20)16-5-4-8-23-13-16)14-27(3)22(28)15-6-7-18-19(11-15)30-10-9-29-18/h6-7,11-12,16,23H,4-5,8-10,13-14H2,1-3H3/t16-/m0/s1. The molecule has 2 aromatic rings. The van der Waals surface area contributed by atoms with Crippen LogP contribution in [-0.4, -0.2) is 68.2 Å². The van der Waals surface area contributed by atoms with E-state index in [1.54, 1.807) is 30.1 Å². The van der Waals surface area contributed by atoms with Gasteiger partial charge in [0.15, 0.2) is 11.5 Å². The fraction of sp³-hybridized carbons (Fsp3) is 0.500. The van der Waals surface area contributed by atoms with Crippen LogP contribution in [-0.2, 0) is 6.54 Å². The Balaban J connectivity index is 1.53. The maximum Gasteiger partial charge on any atom is 0.254 e. The van der Waals surface area contributed by atoms with Gasteiger partial charge < -0.3 is 24.6 Å². The first kappa shape index (κ1) is 20.4. The number of anilines is 1. The van der Waals surface area contributed by atoms with Gasteiger partial charge in [0.2, 0.25) is 0 Å². The van der Waals surface area contributed by atoms with Gasteiger partial charge in [0.1, 0.15) is 24.9 Å². The number of hydrogen-bond donors (Lipinski definition) is 1. The van der Waals surface area contributed by atoms with Crippen molar-refractivity contribution in [3.05, 3.63) is 41.3 Å². The van der Waals surface area contributed by atoms with E-state index in [1.807, 2.05) is 25.1 Å². The predicted octanol–water partition coefficient (Wildman–Crippen LogP) is 2.05. The second-order valence-corrected chi connectivity index (χ2v) is 8.03. The van der Waals surface area contributed by atoms with Crippen LogP contribution in [0.5, 0.6) is 11.5 Å². The zero-order valence-corrected chi connectivity index (χ0v) is 17.9. The summed E-state index contributed by atoms with van der Waals surface area (Å²) in [6.07, 6.45) is 2.20. The van der Waals surface area contributed by atoms with Crippen molar-refractivity contribution in [2.75, 3.05) is 52.3 Å². The third kappa shape index (κ3) is 4.48. The van der Waals surface area contributed by atoms with Gasteiger partial charge in [-0.1, -0.05) is 0 Å². The van der Waals surface area contributed by atoms with Gasteiger partial charge in [-0.2, -0.15) is 0 Å².